The number of hydrogen-bond donors (Lipinski definition) is 1. The van der Waals surface area contributed by atoms with Crippen LogP contribution >= 0.6 is 15.9 Å². The maximum Gasteiger partial charge on any atom is 0.128 e. The van der Waals surface area contributed by atoms with Gasteiger partial charge >= 0.3 is 0 Å². The molecule has 1 atom stereocenters. The van der Waals surface area contributed by atoms with Crippen molar-refractivity contribution in [3.63, 3.8) is 0 Å². The molecule has 0 aliphatic carbocycles. The molecule has 0 fully saturated rings. The Bertz CT molecular complexity index is 628. The minimum Gasteiger partial charge on any atom is -0.306 e. The fourth-order valence-electron chi connectivity index (χ4n) is 2.37. The van der Waals surface area contributed by atoms with Crippen molar-refractivity contribution < 1.29 is 8.78 Å². The predicted octanol–water partition coefficient (Wildman–Crippen LogP) is 5.12. The van der Waals surface area contributed by atoms with Crippen molar-refractivity contribution in [1.29, 1.82) is 0 Å². The zero-order valence-electron chi connectivity index (χ0n) is 12.1. The van der Waals surface area contributed by atoms with Crippen molar-refractivity contribution in [2.24, 2.45) is 0 Å². The van der Waals surface area contributed by atoms with E-state index in [-0.39, 0.29) is 17.7 Å². The van der Waals surface area contributed by atoms with E-state index >= 15 is 0 Å². The van der Waals surface area contributed by atoms with E-state index in [0.717, 1.165) is 28.6 Å². The Hall–Kier alpha value is -1.26. The van der Waals surface area contributed by atoms with E-state index in [1.54, 1.807) is 18.2 Å². The van der Waals surface area contributed by atoms with E-state index in [2.05, 4.69) is 28.2 Å². The van der Waals surface area contributed by atoms with Crippen LogP contribution in [0, 0.1) is 18.6 Å². The van der Waals surface area contributed by atoms with Crippen LogP contribution in [0.25, 0.3) is 0 Å². The van der Waals surface area contributed by atoms with Gasteiger partial charge in [-0.1, -0.05) is 28.9 Å². The van der Waals surface area contributed by atoms with Crippen molar-refractivity contribution in [1.82, 2.24) is 5.32 Å². The highest BCUT2D eigenvalue weighted by molar-refractivity contribution is 9.10. The van der Waals surface area contributed by atoms with Crippen LogP contribution in [0.3, 0.4) is 0 Å². The quantitative estimate of drug-likeness (QED) is 0.785. The smallest absolute Gasteiger partial charge is 0.128 e. The maximum atomic E-state index is 14.2. The number of halogens is 3. The van der Waals surface area contributed by atoms with Crippen molar-refractivity contribution in [2.45, 2.75) is 26.3 Å². The van der Waals surface area contributed by atoms with Gasteiger partial charge in [0.15, 0.2) is 0 Å². The fraction of sp³-hybridized carbons (Fsp3) is 0.294. The Labute approximate surface area is 132 Å². The van der Waals surface area contributed by atoms with E-state index in [1.807, 2.05) is 6.92 Å². The van der Waals surface area contributed by atoms with Gasteiger partial charge in [-0.15, -0.1) is 0 Å². The molecule has 0 saturated heterocycles. The lowest BCUT2D eigenvalue weighted by molar-refractivity contribution is 0.543. The molecule has 112 valence electrons. The second-order valence-electron chi connectivity index (χ2n) is 5.05. The van der Waals surface area contributed by atoms with Crippen LogP contribution in [0.5, 0.6) is 0 Å². The highest BCUT2D eigenvalue weighted by Gasteiger charge is 2.19. The summed E-state index contributed by atoms with van der Waals surface area (Å²) in [6, 6.07) is 9.21. The van der Waals surface area contributed by atoms with Gasteiger partial charge in [0.1, 0.15) is 11.6 Å². The van der Waals surface area contributed by atoms with E-state index in [0.29, 0.717) is 5.56 Å². The first-order valence-electron chi connectivity index (χ1n) is 6.97. The predicted molar refractivity (Wildman–Crippen MR) is 85.4 cm³/mol. The summed E-state index contributed by atoms with van der Waals surface area (Å²) in [5.41, 5.74) is 2.26. The van der Waals surface area contributed by atoms with Gasteiger partial charge in [0, 0.05) is 10.0 Å². The van der Waals surface area contributed by atoms with Crippen LogP contribution in [0.2, 0.25) is 0 Å². The summed E-state index contributed by atoms with van der Waals surface area (Å²) in [6.07, 6.45) is 0.937. The van der Waals surface area contributed by atoms with Crippen LogP contribution < -0.4 is 5.32 Å². The number of benzene rings is 2. The van der Waals surface area contributed by atoms with Crippen LogP contribution in [0.1, 0.15) is 36.1 Å². The summed E-state index contributed by atoms with van der Waals surface area (Å²) in [4.78, 5) is 0. The highest BCUT2D eigenvalue weighted by Crippen LogP contribution is 2.29. The summed E-state index contributed by atoms with van der Waals surface area (Å²) >= 11 is 3.38. The van der Waals surface area contributed by atoms with Crippen LogP contribution in [-0.4, -0.2) is 6.54 Å². The lowest BCUT2D eigenvalue weighted by Crippen LogP contribution is -2.25. The molecule has 0 saturated carbocycles. The van der Waals surface area contributed by atoms with Crippen LogP contribution in [0.15, 0.2) is 40.9 Å². The van der Waals surface area contributed by atoms with E-state index in [9.17, 15) is 8.78 Å². The molecule has 2 rings (SSSR count). The third kappa shape index (κ3) is 3.89. The summed E-state index contributed by atoms with van der Waals surface area (Å²) in [5.74, 6) is -0.546. The average molecular weight is 354 g/mol. The Morgan fingerprint density at radius 1 is 1.10 bits per heavy atom. The van der Waals surface area contributed by atoms with Gasteiger partial charge in [0.2, 0.25) is 0 Å². The molecule has 21 heavy (non-hydrogen) atoms. The van der Waals surface area contributed by atoms with Gasteiger partial charge in [-0.3, -0.25) is 0 Å². The van der Waals surface area contributed by atoms with E-state index in [4.69, 9.17) is 0 Å². The van der Waals surface area contributed by atoms with Crippen LogP contribution in [-0.2, 0) is 0 Å². The average Bonchev–Trinajstić information content (AvgIpc) is 2.44. The molecule has 0 aliphatic heterocycles. The summed E-state index contributed by atoms with van der Waals surface area (Å²) in [5, 5.41) is 3.35. The molecule has 2 aromatic carbocycles. The third-order valence-corrected chi connectivity index (χ3v) is 3.90. The Morgan fingerprint density at radius 3 is 2.52 bits per heavy atom. The first-order valence-corrected chi connectivity index (χ1v) is 7.76. The summed E-state index contributed by atoms with van der Waals surface area (Å²) < 4.78 is 28.3. The topological polar surface area (TPSA) is 12.0 Å². The first kappa shape index (κ1) is 16.1. The van der Waals surface area contributed by atoms with Crippen molar-refractivity contribution in [2.75, 3.05) is 6.54 Å². The highest BCUT2D eigenvalue weighted by atomic mass is 79.9. The van der Waals surface area contributed by atoms with Crippen molar-refractivity contribution >= 4 is 15.9 Å². The molecule has 0 heterocycles. The number of nitrogens with one attached hydrogen (secondary N) is 1. The van der Waals surface area contributed by atoms with Gasteiger partial charge in [0.05, 0.1) is 6.04 Å². The zero-order chi connectivity index (χ0) is 15.4. The van der Waals surface area contributed by atoms with Crippen molar-refractivity contribution in [3.05, 3.63) is 69.2 Å². The third-order valence-electron chi connectivity index (χ3n) is 3.41. The van der Waals surface area contributed by atoms with Crippen molar-refractivity contribution in [3.8, 4) is 0 Å². The second kappa shape index (κ2) is 7.14. The monoisotopic (exact) mass is 353 g/mol. The molecule has 0 bridgehead atoms. The first-order chi connectivity index (χ1) is 10.0. The van der Waals surface area contributed by atoms with Gasteiger partial charge in [-0.2, -0.15) is 0 Å². The largest absolute Gasteiger partial charge is 0.306 e. The normalized spacial score (nSPS) is 12.4. The fourth-order valence-corrected chi connectivity index (χ4v) is 2.75. The maximum absolute atomic E-state index is 14.2. The molecule has 1 N–H and O–H groups in total. The summed E-state index contributed by atoms with van der Waals surface area (Å²) in [6.45, 7) is 4.65. The Balaban J connectivity index is 2.49. The molecule has 0 spiro atoms. The SMILES string of the molecule is CCCNC(c1ccc(F)cc1C)c1cc(Br)ccc1F. The van der Waals surface area contributed by atoms with Gasteiger partial charge < -0.3 is 5.32 Å². The molecular weight excluding hydrogens is 336 g/mol. The Morgan fingerprint density at radius 2 is 1.86 bits per heavy atom. The molecule has 0 aliphatic rings. The van der Waals surface area contributed by atoms with Crippen LogP contribution in [0.4, 0.5) is 8.78 Å². The minimum absolute atomic E-state index is 0.268. The Kier molecular flexibility index (Phi) is 5.48. The lowest BCUT2D eigenvalue weighted by Gasteiger charge is -2.22. The van der Waals surface area contributed by atoms with E-state index < -0.39 is 0 Å². The van der Waals surface area contributed by atoms with Gasteiger partial charge in [-0.25, -0.2) is 8.78 Å². The standard InChI is InChI=1S/C17H18BrF2N/c1-3-8-21-17(14-6-5-13(19)9-11(14)2)15-10-12(18)4-7-16(15)20/h4-7,9-10,17,21H,3,8H2,1-2H3. The molecule has 1 nitrogen and oxygen atoms in total. The molecule has 2 aromatic rings. The molecule has 0 radical (unpaired) electrons. The van der Waals surface area contributed by atoms with Gasteiger partial charge in [0.25, 0.3) is 0 Å². The minimum atomic E-state index is -0.289. The molecule has 0 aromatic heterocycles. The summed E-state index contributed by atoms with van der Waals surface area (Å²) in [7, 11) is 0. The van der Waals surface area contributed by atoms with E-state index in [1.165, 1.54) is 18.2 Å². The van der Waals surface area contributed by atoms with Gasteiger partial charge in [-0.05, 0) is 61.3 Å². The lowest BCUT2D eigenvalue weighted by atomic mass is 9.94. The molecule has 0 amide bonds. The number of hydrogen-bond acceptors (Lipinski definition) is 1. The molecule has 1 unspecified atom stereocenters. The molecular formula is C17H18BrF2N. The zero-order valence-corrected chi connectivity index (χ0v) is 13.7. The number of rotatable bonds is 5. The number of aryl methyl sites for hydroxylation is 1. The second-order valence-corrected chi connectivity index (χ2v) is 5.97. The molecule has 4 heteroatoms.